The number of pyridine rings is 2. The van der Waals surface area contributed by atoms with Gasteiger partial charge in [-0.25, -0.2) is 4.39 Å². The van der Waals surface area contributed by atoms with E-state index in [-0.39, 0.29) is 43.5 Å². The predicted octanol–water partition coefficient (Wildman–Crippen LogP) is 1.03. The summed E-state index contributed by atoms with van der Waals surface area (Å²) in [6.07, 6.45) is 1.92. The van der Waals surface area contributed by atoms with E-state index in [1.54, 1.807) is 25.2 Å². The van der Waals surface area contributed by atoms with E-state index in [1.807, 2.05) is 0 Å². The SMILES string of the molecule is CC(=O)N(C)CCn1c(=O)c(C(=O)NCCO)c(O)c2ncc(Cc3ccc(F)cc3)cc21. The van der Waals surface area contributed by atoms with Crippen LogP contribution in [0.3, 0.4) is 0 Å². The molecule has 0 radical (unpaired) electrons. The predicted molar refractivity (Wildman–Crippen MR) is 120 cm³/mol. The fourth-order valence-electron chi connectivity index (χ4n) is 3.37. The molecule has 0 spiro atoms. The van der Waals surface area contributed by atoms with Gasteiger partial charge < -0.3 is 25.0 Å². The fraction of sp³-hybridized carbons (Fsp3) is 0.304. The summed E-state index contributed by atoms with van der Waals surface area (Å²) in [5, 5.41) is 22.0. The van der Waals surface area contributed by atoms with Gasteiger partial charge in [-0.1, -0.05) is 12.1 Å². The molecule has 1 aromatic carbocycles. The first-order chi connectivity index (χ1) is 15.7. The molecule has 174 valence electrons. The number of rotatable bonds is 8. The Morgan fingerprint density at radius 1 is 1.21 bits per heavy atom. The van der Waals surface area contributed by atoms with Crippen molar-refractivity contribution >= 4 is 22.8 Å². The lowest BCUT2D eigenvalue weighted by Crippen LogP contribution is -2.37. The number of nitrogens with zero attached hydrogens (tertiary/aromatic N) is 3. The zero-order valence-electron chi connectivity index (χ0n) is 18.3. The van der Waals surface area contributed by atoms with Crippen LogP contribution in [0.2, 0.25) is 0 Å². The van der Waals surface area contributed by atoms with E-state index in [4.69, 9.17) is 5.11 Å². The molecule has 0 aliphatic carbocycles. The number of amides is 2. The van der Waals surface area contributed by atoms with Crippen LogP contribution < -0.4 is 10.9 Å². The minimum Gasteiger partial charge on any atom is -0.505 e. The van der Waals surface area contributed by atoms with Gasteiger partial charge in [-0.3, -0.25) is 19.4 Å². The molecule has 0 fully saturated rings. The molecule has 2 heterocycles. The van der Waals surface area contributed by atoms with Crippen LogP contribution in [0.1, 0.15) is 28.4 Å². The second-order valence-electron chi connectivity index (χ2n) is 7.62. The number of aliphatic hydroxyl groups excluding tert-OH is 1. The molecule has 2 aromatic heterocycles. The second-order valence-corrected chi connectivity index (χ2v) is 7.62. The zero-order chi connectivity index (χ0) is 24.1. The van der Waals surface area contributed by atoms with Gasteiger partial charge in [0.2, 0.25) is 5.91 Å². The van der Waals surface area contributed by atoms with E-state index >= 15 is 0 Å². The lowest BCUT2D eigenvalue weighted by Gasteiger charge is -2.19. The number of hydrogen-bond acceptors (Lipinski definition) is 6. The third-order valence-corrected chi connectivity index (χ3v) is 5.28. The number of nitrogens with one attached hydrogen (secondary N) is 1. The molecule has 3 aromatic rings. The number of likely N-dealkylation sites (N-methyl/N-ethyl adjacent to an activating group) is 1. The van der Waals surface area contributed by atoms with Crippen molar-refractivity contribution in [1.82, 2.24) is 19.8 Å². The van der Waals surface area contributed by atoms with Gasteiger partial charge in [0, 0.05) is 39.8 Å². The summed E-state index contributed by atoms with van der Waals surface area (Å²) >= 11 is 0. The van der Waals surface area contributed by atoms with Crippen molar-refractivity contribution in [3.63, 3.8) is 0 Å². The number of aromatic hydroxyl groups is 1. The van der Waals surface area contributed by atoms with Crippen LogP contribution in [0, 0.1) is 5.82 Å². The van der Waals surface area contributed by atoms with Gasteiger partial charge >= 0.3 is 0 Å². The Morgan fingerprint density at radius 3 is 2.55 bits per heavy atom. The van der Waals surface area contributed by atoms with Crippen LogP contribution in [0.15, 0.2) is 41.3 Å². The number of carbonyl (C=O) groups excluding carboxylic acids is 2. The third-order valence-electron chi connectivity index (χ3n) is 5.28. The molecule has 10 heteroatoms. The lowest BCUT2D eigenvalue weighted by atomic mass is 10.1. The summed E-state index contributed by atoms with van der Waals surface area (Å²) in [5.74, 6) is -1.94. The molecule has 2 amide bonds. The summed E-state index contributed by atoms with van der Waals surface area (Å²) in [4.78, 5) is 43.0. The number of aromatic nitrogens is 2. The normalized spacial score (nSPS) is 10.9. The maximum absolute atomic E-state index is 13.2. The lowest BCUT2D eigenvalue weighted by molar-refractivity contribution is -0.127. The average molecular weight is 456 g/mol. The number of aliphatic hydroxyl groups is 1. The van der Waals surface area contributed by atoms with Crippen LogP contribution in [-0.2, 0) is 17.8 Å². The largest absolute Gasteiger partial charge is 0.505 e. The molecule has 0 aliphatic rings. The summed E-state index contributed by atoms with van der Waals surface area (Å²) in [7, 11) is 1.59. The van der Waals surface area contributed by atoms with Gasteiger partial charge in [0.25, 0.3) is 11.5 Å². The maximum Gasteiger partial charge on any atom is 0.267 e. The molecule has 0 saturated carbocycles. The Hall–Kier alpha value is -3.79. The first kappa shape index (κ1) is 23.9. The molecule has 0 aliphatic heterocycles. The molecular weight excluding hydrogens is 431 g/mol. The standard InChI is InChI=1S/C23H25FN4O5/c1-14(30)27(2)8-9-28-18-12-16(11-15-3-5-17(24)6-4-15)13-26-20(18)21(31)19(23(28)33)22(32)25-7-10-29/h3-6,12-13,29,31H,7-11H2,1-2H3,(H,25,32). The Bertz CT molecular complexity index is 1240. The molecule has 0 atom stereocenters. The van der Waals surface area contributed by atoms with Crippen molar-refractivity contribution in [2.75, 3.05) is 26.7 Å². The van der Waals surface area contributed by atoms with E-state index in [9.17, 15) is 23.9 Å². The van der Waals surface area contributed by atoms with Crippen molar-refractivity contribution in [2.45, 2.75) is 19.9 Å². The van der Waals surface area contributed by atoms with E-state index in [1.165, 1.54) is 34.7 Å². The van der Waals surface area contributed by atoms with E-state index < -0.39 is 22.8 Å². The summed E-state index contributed by atoms with van der Waals surface area (Å²) < 4.78 is 14.5. The van der Waals surface area contributed by atoms with E-state index in [0.717, 1.165) is 5.56 Å². The number of fused-ring (bicyclic) bond motifs is 1. The first-order valence-electron chi connectivity index (χ1n) is 10.3. The second kappa shape index (κ2) is 10.2. The molecule has 3 rings (SSSR count). The van der Waals surface area contributed by atoms with Crippen molar-refractivity contribution in [1.29, 1.82) is 0 Å². The maximum atomic E-state index is 13.2. The quantitative estimate of drug-likeness (QED) is 0.465. The monoisotopic (exact) mass is 456 g/mol. The molecule has 0 saturated heterocycles. The van der Waals surface area contributed by atoms with Gasteiger partial charge in [-0.2, -0.15) is 0 Å². The number of hydrogen-bond donors (Lipinski definition) is 3. The van der Waals surface area contributed by atoms with Crippen LogP contribution in [0.4, 0.5) is 4.39 Å². The minimum absolute atomic E-state index is 0.0529. The van der Waals surface area contributed by atoms with E-state index in [0.29, 0.717) is 17.5 Å². The number of halogens is 1. The van der Waals surface area contributed by atoms with Crippen molar-refractivity contribution in [2.24, 2.45) is 0 Å². The number of benzene rings is 1. The highest BCUT2D eigenvalue weighted by molar-refractivity contribution is 6.01. The van der Waals surface area contributed by atoms with Crippen molar-refractivity contribution < 1.29 is 24.2 Å². The molecule has 3 N–H and O–H groups in total. The Balaban J connectivity index is 2.12. The highest BCUT2D eigenvalue weighted by atomic mass is 19.1. The molecule has 33 heavy (non-hydrogen) atoms. The summed E-state index contributed by atoms with van der Waals surface area (Å²) in [5.41, 5.74) is 0.657. The van der Waals surface area contributed by atoms with Gasteiger partial charge in [0.15, 0.2) is 5.75 Å². The highest BCUT2D eigenvalue weighted by Crippen LogP contribution is 2.26. The van der Waals surface area contributed by atoms with E-state index in [2.05, 4.69) is 10.3 Å². The molecule has 9 nitrogen and oxygen atoms in total. The number of carbonyl (C=O) groups is 2. The first-order valence-corrected chi connectivity index (χ1v) is 10.3. The fourth-order valence-corrected chi connectivity index (χ4v) is 3.37. The summed E-state index contributed by atoms with van der Waals surface area (Å²) in [6, 6.07) is 7.65. The van der Waals surface area contributed by atoms with Crippen molar-refractivity contribution in [3.05, 3.63) is 69.4 Å². The Labute approximate surface area is 189 Å². The van der Waals surface area contributed by atoms with Crippen LogP contribution >= 0.6 is 0 Å². The van der Waals surface area contributed by atoms with Gasteiger partial charge in [-0.15, -0.1) is 0 Å². The van der Waals surface area contributed by atoms with Gasteiger partial charge in [-0.05, 0) is 35.7 Å². The van der Waals surface area contributed by atoms with Crippen molar-refractivity contribution in [3.8, 4) is 5.75 Å². The smallest absolute Gasteiger partial charge is 0.267 e. The highest BCUT2D eigenvalue weighted by Gasteiger charge is 2.23. The summed E-state index contributed by atoms with van der Waals surface area (Å²) in [6.45, 7) is 1.23. The molecular formula is C23H25FN4O5. The zero-order valence-corrected chi connectivity index (χ0v) is 18.3. The topological polar surface area (TPSA) is 125 Å². The van der Waals surface area contributed by atoms with Gasteiger partial charge in [0.1, 0.15) is 16.9 Å². The molecule has 0 bridgehead atoms. The third kappa shape index (κ3) is 5.35. The molecule has 0 unspecified atom stereocenters. The Kier molecular flexibility index (Phi) is 7.39. The van der Waals surface area contributed by atoms with Crippen LogP contribution in [0.25, 0.3) is 11.0 Å². The van der Waals surface area contributed by atoms with Crippen LogP contribution in [-0.4, -0.2) is 63.2 Å². The average Bonchev–Trinajstić information content (AvgIpc) is 2.78. The van der Waals surface area contributed by atoms with Crippen LogP contribution in [0.5, 0.6) is 5.75 Å². The minimum atomic E-state index is -0.834. The van der Waals surface area contributed by atoms with Gasteiger partial charge in [0.05, 0.1) is 12.1 Å². The Morgan fingerprint density at radius 2 is 1.91 bits per heavy atom.